The summed E-state index contributed by atoms with van der Waals surface area (Å²) in [6, 6.07) is 1.63. The molecule has 0 aliphatic carbocycles. The summed E-state index contributed by atoms with van der Waals surface area (Å²) in [5.41, 5.74) is 1.04. The molecule has 0 aromatic carbocycles. The zero-order chi connectivity index (χ0) is 19.3. The second-order valence-corrected chi connectivity index (χ2v) is 9.17. The number of guanidine groups is 1. The highest BCUT2D eigenvalue weighted by molar-refractivity contribution is 14.0. The van der Waals surface area contributed by atoms with Crippen LogP contribution in [0.2, 0.25) is 5.02 Å². The second-order valence-electron chi connectivity index (χ2n) is 6.51. The van der Waals surface area contributed by atoms with Gasteiger partial charge in [0, 0.05) is 52.0 Å². The number of aryl methyl sites for hydroxylation is 1. The fourth-order valence-corrected chi connectivity index (χ4v) is 4.87. The van der Waals surface area contributed by atoms with E-state index in [2.05, 4.69) is 15.6 Å². The number of carbonyl (C=O) groups is 1. The first-order valence-electron chi connectivity index (χ1n) is 8.42. The van der Waals surface area contributed by atoms with E-state index in [0.717, 1.165) is 5.69 Å². The Bertz CT molecular complexity index is 781. The van der Waals surface area contributed by atoms with E-state index in [-0.39, 0.29) is 53.9 Å². The lowest BCUT2D eigenvalue weighted by Crippen LogP contribution is -2.41. The Morgan fingerprint density at radius 3 is 2.70 bits per heavy atom. The van der Waals surface area contributed by atoms with Gasteiger partial charge >= 0.3 is 0 Å². The molecular weight excluding hydrogens is 505 g/mol. The average Bonchev–Trinajstić information content (AvgIpc) is 3.04. The minimum atomic E-state index is -2.99. The van der Waals surface area contributed by atoms with Crippen LogP contribution in [0.4, 0.5) is 0 Å². The molecule has 1 aliphatic heterocycles. The molecular formula is C16H27ClIN5O3S. The number of hydrogen-bond donors (Lipinski definition) is 2. The number of aromatic nitrogens is 1. The number of carbonyl (C=O) groups excluding carboxylic acids is 1. The lowest BCUT2D eigenvalue weighted by Gasteiger charge is -2.22. The summed E-state index contributed by atoms with van der Waals surface area (Å²) in [5.74, 6) is 0.692. The highest BCUT2D eigenvalue weighted by Gasteiger charge is 2.28. The van der Waals surface area contributed by atoms with E-state index in [1.54, 1.807) is 7.05 Å². The lowest BCUT2D eigenvalue weighted by atomic mass is 10.2. The Morgan fingerprint density at radius 2 is 2.19 bits per heavy atom. The van der Waals surface area contributed by atoms with E-state index in [0.29, 0.717) is 30.5 Å². The second kappa shape index (κ2) is 10.5. The van der Waals surface area contributed by atoms with E-state index in [1.165, 1.54) is 0 Å². The molecule has 1 unspecified atom stereocenters. The Morgan fingerprint density at radius 1 is 1.48 bits per heavy atom. The van der Waals surface area contributed by atoms with Crippen LogP contribution in [-0.2, 0) is 28.2 Å². The monoisotopic (exact) mass is 531 g/mol. The average molecular weight is 532 g/mol. The minimum Gasteiger partial charge on any atom is -0.356 e. The van der Waals surface area contributed by atoms with Gasteiger partial charge in [0.25, 0.3) is 0 Å². The predicted molar refractivity (Wildman–Crippen MR) is 118 cm³/mol. The molecule has 1 amide bonds. The summed E-state index contributed by atoms with van der Waals surface area (Å²) in [6.45, 7) is 1.03. The first kappa shape index (κ1) is 24.0. The summed E-state index contributed by atoms with van der Waals surface area (Å²) in [5, 5.41) is 6.60. The molecule has 2 N–H and O–H groups in total. The fourth-order valence-electron chi connectivity index (χ4n) is 2.92. The summed E-state index contributed by atoms with van der Waals surface area (Å²) < 4.78 is 24.8. The molecule has 0 bridgehead atoms. The van der Waals surface area contributed by atoms with Crippen LogP contribution in [-0.4, -0.2) is 67.9 Å². The van der Waals surface area contributed by atoms with Gasteiger partial charge < -0.3 is 20.1 Å². The highest BCUT2D eigenvalue weighted by Crippen LogP contribution is 2.14. The number of aliphatic imine (C=N–C) groups is 1. The Balaban J connectivity index is 0.00000364. The Labute approximate surface area is 182 Å². The number of sulfone groups is 1. The number of amides is 1. The largest absolute Gasteiger partial charge is 0.356 e. The molecule has 2 rings (SSSR count). The van der Waals surface area contributed by atoms with Gasteiger partial charge in [-0.1, -0.05) is 11.6 Å². The van der Waals surface area contributed by atoms with Crippen LogP contribution in [0, 0.1) is 0 Å². The van der Waals surface area contributed by atoms with Gasteiger partial charge in [-0.25, -0.2) is 8.42 Å². The smallest absolute Gasteiger partial charge is 0.222 e. The van der Waals surface area contributed by atoms with Crippen LogP contribution in [0.25, 0.3) is 0 Å². The van der Waals surface area contributed by atoms with Crippen LogP contribution in [0.3, 0.4) is 0 Å². The van der Waals surface area contributed by atoms with Crippen molar-refractivity contribution in [2.24, 2.45) is 12.0 Å². The van der Waals surface area contributed by atoms with Gasteiger partial charge in [0.1, 0.15) is 0 Å². The first-order valence-corrected chi connectivity index (χ1v) is 10.6. The molecule has 1 atom stereocenters. The maximum absolute atomic E-state index is 12.0. The highest BCUT2D eigenvalue weighted by atomic mass is 127. The van der Waals surface area contributed by atoms with Gasteiger partial charge in [-0.2, -0.15) is 0 Å². The molecule has 1 fully saturated rings. The molecule has 1 aromatic rings. The van der Waals surface area contributed by atoms with Crippen LogP contribution in [0.5, 0.6) is 0 Å². The lowest BCUT2D eigenvalue weighted by molar-refractivity contribution is -0.121. The summed E-state index contributed by atoms with van der Waals surface area (Å²) >= 11 is 6.00. The van der Waals surface area contributed by atoms with Gasteiger partial charge in [0.05, 0.1) is 23.1 Å². The van der Waals surface area contributed by atoms with Crippen LogP contribution < -0.4 is 10.6 Å². The van der Waals surface area contributed by atoms with Crippen LogP contribution in [0.1, 0.15) is 18.5 Å². The SMILES string of the molecule is CN=C(NCCC(=O)NC1CCS(=O)(=O)C1)N(C)Cc1cc(Cl)cn1C.I. The van der Waals surface area contributed by atoms with Crippen molar-refractivity contribution in [1.29, 1.82) is 0 Å². The Kier molecular flexibility index (Phi) is 9.35. The third kappa shape index (κ3) is 7.49. The number of halogens is 2. The summed E-state index contributed by atoms with van der Waals surface area (Å²) in [7, 11) is 2.52. The van der Waals surface area contributed by atoms with Crippen molar-refractivity contribution in [2.45, 2.75) is 25.4 Å². The number of nitrogens with one attached hydrogen (secondary N) is 2. The van der Waals surface area contributed by atoms with Crippen molar-refractivity contribution < 1.29 is 13.2 Å². The van der Waals surface area contributed by atoms with Gasteiger partial charge in [0.15, 0.2) is 15.8 Å². The Hall–Kier alpha value is -1.01. The number of hydrogen-bond acceptors (Lipinski definition) is 4. The maximum atomic E-state index is 12.0. The fraction of sp³-hybridized carbons (Fsp3) is 0.625. The predicted octanol–water partition coefficient (Wildman–Crippen LogP) is 0.997. The molecule has 0 radical (unpaired) electrons. The molecule has 1 saturated heterocycles. The molecule has 1 aromatic heterocycles. The van der Waals surface area contributed by atoms with E-state index in [4.69, 9.17) is 11.6 Å². The van der Waals surface area contributed by atoms with Crippen LogP contribution in [0.15, 0.2) is 17.3 Å². The quantitative estimate of drug-likeness (QED) is 0.324. The molecule has 1 aliphatic rings. The molecule has 27 heavy (non-hydrogen) atoms. The standard InChI is InChI=1S/C16H26ClN5O3S.HI/c1-18-16(22(3)10-14-8-12(17)9-21(14)2)19-6-4-15(23)20-13-5-7-26(24,25)11-13;/h8-9,13H,4-7,10-11H2,1-3H3,(H,18,19)(H,20,23);1H. The topological polar surface area (TPSA) is 95.8 Å². The van der Waals surface area contributed by atoms with Crippen molar-refractivity contribution in [2.75, 3.05) is 32.1 Å². The first-order chi connectivity index (χ1) is 12.2. The molecule has 154 valence electrons. The molecule has 2 heterocycles. The summed E-state index contributed by atoms with van der Waals surface area (Å²) in [4.78, 5) is 18.1. The normalized spacial score (nSPS) is 18.7. The van der Waals surface area contributed by atoms with Gasteiger partial charge in [0.2, 0.25) is 5.91 Å². The van der Waals surface area contributed by atoms with Gasteiger partial charge in [-0.05, 0) is 12.5 Å². The molecule has 11 heteroatoms. The third-order valence-electron chi connectivity index (χ3n) is 4.28. The van der Waals surface area contributed by atoms with Crippen LogP contribution >= 0.6 is 35.6 Å². The minimum absolute atomic E-state index is 0. The van der Waals surface area contributed by atoms with E-state index in [1.807, 2.05) is 35.8 Å². The number of rotatable bonds is 6. The molecule has 8 nitrogen and oxygen atoms in total. The van der Waals surface area contributed by atoms with Crippen molar-refractivity contribution in [1.82, 2.24) is 20.1 Å². The maximum Gasteiger partial charge on any atom is 0.222 e. The third-order valence-corrected chi connectivity index (χ3v) is 6.25. The van der Waals surface area contributed by atoms with Crippen molar-refractivity contribution in [3.05, 3.63) is 23.0 Å². The van der Waals surface area contributed by atoms with Crippen molar-refractivity contribution in [3.63, 3.8) is 0 Å². The molecule has 0 saturated carbocycles. The summed E-state index contributed by atoms with van der Waals surface area (Å²) in [6.07, 6.45) is 2.58. The van der Waals surface area contributed by atoms with Crippen molar-refractivity contribution >= 4 is 57.3 Å². The van der Waals surface area contributed by atoms with Gasteiger partial charge in [-0.3, -0.25) is 9.79 Å². The zero-order valence-electron chi connectivity index (χ0n) is 15.7. The van der Waals surface area contributed by atoms with E-state index >= 15 is 0 Å². The van der Waals surface area contributed by atoms with E-state index < -0.39 is 9.84 Å². The van der Waals surface area contributed by atoms with E-state index in [9.17, 15) is 13.2 Å². The van der Waals surface area contributed by atoms with Gasteiger partial charge in [-0.15, -0.1) is 24.0 Å². The number of nitrogens with zero attached hydrogens (tertiary/aromatic N) is 3. The molecule has 0 spiro atoms. The van der Waals surface area contributed by atoms with Crippen molar-refractivity contribution in [3.8, 4) is 0 Å². The zero-order valence-corrected chi connectivity index (χ0v) is 19.6.